The normalized spacial score (nSPS) is 15.1. The summed E-state index contributed by atoms with van der Waals surface area (Å²) in [5.41, 5.74) is 2.67. The van der Waals surface area contributed by atoms with E-state index in [1.807, 2.05) is 48.5 Å². The van der Waals surface area contributed by atoms with Gasteiger partial charge in [0.2, 0.25) is 0 Å². The molecule has 0 fully saturated rings. The quantitative estimate of drug-likeness (QED) is 0.291. The molecule has 1 aliphatic heterocycles. The van der Waals surface area contributed by atoms with Crippen molar-refractivity contribution in [1.82, 2.24) is 4.57 Å². The smallest absolute Gasteiger partial charge is 0.338 e. The molecule has 9 heteroatoms. The summed E-state index contributed by atoms with van der Waals surface area (Å²) in [4.78, 5) is 31.6. The number of carbonyl (C=O) groups is 1. The molecule has 1 atom stereocenters. The van der Waals surface area contributed by atoms with Crippen molar-refractivity contribution in [2.45, 2.75) is 26.5 Å². The van der Waals surface area contributed by atoms with Gasteiger partial charge < -0.3 is 9.47 Å². The van der Waals surface area contributed by atoms with Crippen LogP contribution in [0.4, 0.5) is 4.39 Å². The van der Waals surface area contributed by atoms with Gasteiger partial charge in [0.25, 0.3) is 5.56 Å². The summed E-state index contributed by atoms with van der Waals surface area (Å²) >= 11 is 7.43. The van der Waals surface area contributed by atoms with Crippen LogP contribution in [0.5, 0.6) is 5.75 Å². The minimum atomic E-state index is -0.788. The maximum absolute atomic E-state index is 13.7. The Bertz CT molecular complexity index is 1740. The van der Waals surface area contributed by atoms with E-state index in [4.69, 9.17) is 21.1 Å². The van der Waals surface area contributed by atoms with Crippen molar-refractivity contribution in [3.05, 3.63) is 131 Å². The highest BCUT2D eigenvalue weighted by Gasteiger charge is 2.33. The van der Waals surface area contributed by atoms with Crippen LogP contribution < -0.4 is 19.6 Å². The number of halogens is 2. The van der Waals surface area contributed by atoms with E-state index >= 15 is 0 Å². The molecule has 0 N–H and O–H groups in total. The molecule has 0 amide bonds. The van der Waals surface area contributed by atoms with Crippen LogP contribution in [0.2, 0.25) is 5.02 Å². The number of benzene rings is 3. The number of carbonyl (C=O) groups excluding carboxylic acids is 1. The predicted molar refractivity (Wildman–Crippen MR) is 149 cm³/mol. The molecule has 1 aliphatic rings. The standard InChI is InChI=1S/C30H24ClFN2O4S/c1-3-37-29(36)26-18(2)33-30-34(27(26)20-10-12-22(32)13-11-20)28(35)25(39-30)16-19-8-14-23(15-9-19)38-17-21-6-4-5-7-24(21)31/h4-16,27H,3,17H2,1-2H3/b25-16-. The van der Waals surface area contributed by atoms with E-state index in [2.05, 4.69) is 4.99 Å². The first-order valence-corrected chi connectivity index (χ1v) is 13.5. The molecular formula is C30H24ClFN2O4S. The number of hydrogen-bond acceptors (Lipinski definition) is 6. The van der Waals surface area contributed by atoms with Gasteiger partial charge in [-0.2, -0.15) is 0 Å². The van der Waals surface area contributed by atoms with Crippen LogP contribution in [0.1, 0.15) is 36.6 Å². The summed E-state index contributed by atoms with van der Waals surface area (Å²) < 4.78 is 26.8. The first kappa shape index (κ1) is 26.6. The number of esters is 1. The van der Waals surface area contributed by atoms with Gasteiger partial charge in [-0.25, -0.2) is 14.2 Å². The SMILES string of the molecule is CCOC(=O)C1=C(C)N=c2s/c(=C\c3ccc(OCc4ccccc4Cl)cc3)c(=O)n2C1c1ccc(F)cc1. The van der Waals surface area contributed by atoms with Gasteiger partial charge in [0.15, 0.2) is 4.80 Å². The summed E-state index contributed by atoms with van der Waals surface area (Å²) in [5.74, 6) is -0.307. The number of thiazole rings is 1. The van der Waals surface area contributed by atoms with Gasteiger partial charge in [-0.1, -0.05) is 65.4 Å². The number of nitrogens with zero attached hydrogens (tertiary/aromatic N) is 2. The molecule has 0 aliphatic carbocycles. The molecule has 5 rings (SSSR count). The van der Waals surface area contributed by atoms with Crippen molar-refractivity contribution < 1.29 is 18.7 Å². The Labute approximate surface area is 232 Å². The van der Waals surface area contributed by atoms with Gasteiger partial charge in [-0.3, -0.25) is 9.36 Å². The molecule has 0 saturated carbocycles. The molecule has 1 aromatic heterocycles. The number of rotatable bonds is 7. The first-order chi connectivity index (χ1) is 18.9. The fraction of sp³-hybridized carbons (Fsp3) is 0.167. The Kier molecular flexibility index (Phi) is 7.77. The zero-order valence-corrected chi connectivity index (χ0v) is 22.8. The fourth-order valence-corrected chi connectivity index (χ4v) is 5.58. The zero-order valence-electron chi connectivity index (χ0n) is 21.2. The van der Waals surface area contributed by atoms with Crippen LogP contribution in [-0.2, 0) is 16.1 Å². The van der Waals surface area contributed by atoms with Crippen molar-refractivity contribution in [2.24, 2.45) is 4.99 Å². The lowest BCUT2D eigenvalue weighted by Gasteiger charge is -2.24. The second-order valence-corrected chi connectivity index (χ2v) is 10.2. The molecule has 198 valence electrons. The molecule has 0 radical (unpaired) electrons. The molecule has 0 saturated heterocycles. The summed E-state index contributed by atoms with van der Waals surface area (Å²) in [5, 5.41) is 0.643. The van der Waals surface area contributed by atoms with Crippen molar-refractivity contribution >= 4 is 35.0 Å². The highest BCUT2D eigenvalue weighted by atomic mass is 35.5. The molecule has 0 spiro atoms. The molecule has 39 heavy (non-hydrogen) atoms. The van der Waals surface area contributed by atoms with Gasteiger partial charge in [-0.15, -0.1) is 0 Å². The summed E-state index contributed by atoms with van der Waals surface area (Å²) in [6.07, 6.45) is 1.77. The van der Waals surface area contributed by atoms with E-state index in [1.165, 1.54) is 28.0 Å². The summed E-state index contributed by atoms with van der Waals surface area (Å²) in [6, 6.07) is 19.8. The molecule has 4 aromatic rings. The Balaban J connectivity index is 1.50. The number of allylic oxidation sites excluding steroid dienone is 1. The van der Waals surface area contributed by atoms with Crippen LogP contribution >= 0.6 is 22.9 Å². The second kappa shape index (κ2) is 11.4. The zero-order chi connectivity index (χ0) is 27.5. The predicted octanol–water partition coefficient (Wildman–Crippen LogP) is 5.17. The molecule has 6 nitrogen and oxygen atoms in total. The number of fused-ring (bicyclic) bond motifs is 1. The Hall–Kier alpha value is -4.01. The van der Waals surface area contributed by atoms with Crippen LogP contribution in [0, 0.1) is 5.82 Å². The fourth-order valence-electron chi connectivity index (χ4n) is 4.34. The van der Waals surface area contributed by atoms with E-state index in [1.54, 1.807) is 32.1 Å². The maximum atomic E-state index is 13.7. The van der Waals surface area contributed by atoms with E-state index in [9.17, 15) is 14.0 Å². The number of aromatic nitrogens is 1. The van der Waals surface area contributed by atoms with Gasteiger partial charge >= 0.3 is 5.97 Å². The number of ether oxygens (including phenoxy) is 2. The van der Waals surface area contributed by atoms with Crippen LogP contribution in [0.15, 0.2) is 93.9 Å². The molecular weight excluding hydrogens is 539 g/mol. The van der Waals surface area contributed by atoms with Gasteiger partial charge in [0, 0.05) is 10.6 Å². The topological polar surface area (TPSA) is 69.9 Å². The number of hydrogen-bond donors (Lipinski definition) is 0. The van der Waals surface area contributed by atoms with E-state index in [-0.39, 0.29) is 17.7 Å². The van der Waals surface area contributed by atoms with Crippen molar-refractivity contribution in [3.8, 4) is 5.75 Å². The van der Waals surface area contributed by atoms with Crippen molar-refractivity contribution in [3.63, 3.8) is 0 Å². The average molecular weight is 563 g/mol. The largest absolute Gasteiger partial charge is 0.489 e. The van der Waals surface area contributed by atoms with Gasteiger partial charge in [-0.05, 0) is 61.4 Å². The Morgan fingerprint density at radius 2 is 1.82 bits per heavy atom. The summed E-state index contributed by atoms with van der Waals surface area (Å²) in [7, 11) is 0. The van der Waals surface area contributed by atoms with Crippen molar-refractivity contribution in [1.29, 1.82) is 0 Å². The highest BCUT2D eigenvalue weighted by molar-refractivity contribution is 7.07. The van der Waals surface area contributed by atoms with Crippen LogP contribution in [0.25, 0.3) is 6.08 Å². The lowest BCUT2D eigenvalue weighted by Crippen LogP contribution is -2.39. The lowest BCUT2D eigenvalue weighted by atomic mass is 9.96. The minimum absolute atomic E-state index is 0.175. The van der Waals surface area contributed by atoms with Crippen LogP contribution in [0.3, 0.4) is 0 Å². The monoisotopic (exact) mass is 562 g/mol. The summed E-state index contributed by atoms with van der Waals surface area (Å²) in [6.45, 7) is 3.93. The Morgan fingerprint density at radius 3 is 2.51 bits per heavy atom. The lowest BCUT2D eigenvalue weighted by molar-refractivity contribution is -0.139. The maximum Gasteiger partial charge on any atom is 0.338 e. The first-order valence-electron chi connectivity index (χ1n) is 12.3. The second-order valence-electron chi connectivity index (χ2n) is 8.80. The van der Waals surface area contributed by atoms with Gasteiger partial charge in [0.05, 0.1) is 28.5 Å². The van der Waals surface area contributed by atoms with Gasteiger partial charge in [0.1, 0.15) is 18.2 Å². The third-order valence-corrected chi connectivity index (χ3v) is 7.58. The highest BCUT2D eigenvalue weighted by Crippen LogP contribution is 2.30. The average Bonchev–Trinajstić information content (AvgIpc) is 3.23. The third-order valence-electron chi connectivity index (χ3n) is 6.23. The molecule has 0 bridgehead atoms. The van der Waals surface area contributed by atoms with Crippen LogP contribution in [-0.4, -0.2) is 17.1 Å². The minimum Gasteiger partial charge on any atom is -0.489 e. The molecule has 1 unspecified atom stereocenters. The van der Waals surface area contributed by atoms with Crippen molar-refractivity contribution in [2.75, 3.05) is 6.61 Å². The Morgan fingerprint density at radius 1 is 1.10 bits per heavy atom. The van der Waals surface area contributed by atoms with E-state index in [0.717, 1.165) is 11.1 Å². The molecule has 2 heterocycles. The third kappa shape index (κ3) is 5.57. The van der Waals surface area contributed by atoms with E-state index < -0.39 is 17.8 Å². The van der Waals surface area contributed by atoms with E-state index in [0.29, 0.717) is 38.0 Å². The molecule has 3 aromatic carbocycles.